The molecule has 21 heavy (non-hydrogen) atoms. The Balaban J connectivity index is 1.80. The minimum Gasteiger partial charge on any atom is -0.304 e. The van der Waals surface area contributed by atoms with Crippen molar-refractivity contribution in [1.82, 2.24) is 10.3 Å². The Bertz CT molecular complexity index is 751. The van der Waals surface area contributed by atoms with Crippen LogP contribution in [0.4, 0.5) is 0 Å². The van der Waals surface area contributed by atoms with Crippen molar-refractivity contribution < 1.29 is 0 Å². The van der Waals surface area contributed by atoms with Crippen LogP contribution in [0.3, 0.4) is 0 Å². The van der Waals surface area contributed by atoms with E-state index in [0.29, 0.717) is 0 Å². The van der Waals surface area contributed by atoms with Gasteiger partial charge in [-0.2, -0.15) is 0 Å². The Morgan fingerprint density at radius 1 is 1.29 bits per heavy atom. The number of fused-ring (bicyclic) bond motifs is 2. The molecule has 1 unspecified atom stereocenters. The van der Waals surface area contributed by atoms with Crippen LogP contribution in [-0.4, -0.2) is 11.5 Å². The van der Waals surface area contributed by atoms with E-state index in [1.165, 1.54) is 44.1 Å². The van der Waals surface area contributed by atoms with Gasteiger partial charge in [-0.15, -0.1) is 22.7 Å². The molecule has 2 nitrogen and oxygen atoms in total. The number of hydrogen-bond donors (Lipinski definition) is 1. The predicted octanol–water partition coefficient (Wildman–Crippen LogP) is 4.55. The molecule has 4 heteroatoms. The second kappa shape index (κ2) is 5.52. The Hall–Kier alpha value is -1.23. The van der Waals surface area contributed by atoms with Crippen molar-refractivity contribution >= 4 is 32.8 Å². The molecule has 0 spiro atoms. The topological polar surface area (TPSA) is 24.9 Å². The van der Waals surface area contributed by atoms with Crippen LogP contribution < -0.4 is 5.32 Å². The molecule has 1 N–H and O–H groups in total. The SMILES string of the molecule is CCNC(c1nc2c(s1)CCC2)c1csc2ccccc12. The van der Waals surface area contributed by atoms with Crippen molar-refractivity contribution in [2.45, 2.75) is 32.2 Å². The Kier molecular flexibility index (Phi) is 3.53. The molecule has 3 aromatic rings. The molecule has 0 amide bonds. The number of thiazole rings is 1. The smallest absolute Gasteiger partial charge is 0.115 e. The van der Waals surface area contributed by atoms with Gasteiger partial charge in [0, 0.05) is 9.58 Å². The normalized spacial score (nSPS) is 15.5. The molecule has 0 fully saturated rings. The van der Waals surface area contributed by atoms with Gasteiger partial charge < -0.3 is 5.32 Å². The lowest BCUT2D eigenvalue weighted by molar-refractivity contribution is 0.630. The van der Waals surface area contributed by atoms with Crippen LogP contribution in [0.15, 0.2) is 29.6 Å². The van der Waals surface area contributed by atoms with E-state index in [1.807, 2.05) is 22.7 Å². The van der Waals surface area contributed by atoms with Crippen molar-refractivity contribution in [2.24, 2.45) is 0 Å². The van der Waals surface area contributed by atoms with Crippen LogP contribution >= 0.6 is 22.7 Å². The van der Waals surface area contributed by atoms with Crippen LogP contribution in [0, 0.1) is 0 Å². The summed E-state index contributed by atoms with van der Waals surface area (Å²) >= 11 is 3.74. The highest BCUT2D eigenvalue weighted by Gasteiger charge is 2.24. The first kappa shape index (κ1) is 13.4. The van der Waals surface area contributed by atoms with E-state index in [4.69, 9.17) is 4.98 Å². The fraction of sp³-hybridized carbons (Fsp3) is 0.353. The molecule has 1 atom stereocenters. The van der Waals surface area contributed by atoms with Crippen LogP contribution in [0.1, 0.15) is 40.5 Å². The summed E-state index contributed by atoms with van der Waals surface area (Å²) < 4.78 is 1.36. The van der Waals surface area contributed by atoms with E-state index in [-0.39, 0.29) is 6.04 Å². The molecular formula is C17H18N2S2. The molecule has 2 aromatic heterocycles. The zero-order valence-corrected chi connectivity index (χ0v) is 13.7. The zero-order chi connectivity index (χ0) is 14.2. The molecule has 108 valence electrons. The molecule has 0 bridgehead atoms. The van der Waals surface area contributed by atoms with Gasteiger partial charge >= 0.3 is 0 Å². The number of nitrogens with zero attached hydrogens (tertiary/aromatic N) is 1. The van der Waals surface area contributed by atoms with E-state index in [0.717, 1.165) is 13.0 Å². The first-order valence-corrected chi connectivity index (χ1v) is 9.24. The van der Waals surface area contributed by atoms with Crippen molar-refractivity contribution in [3.05, 3.63) is 50.8 Å². The molecular weight excluding hydrogens is 296 g/mol. The Morgan fingerprint density at radius 2 is 2.19 bits per heavy atom. The highest BCUT2D eigenvalue weighted by atomic mass is 32.1. The average Bonchev–Trinajstić information content (AvgIpc) is 3.18. The zero-order valence-electron chi connectivity index (χ0n) is 12.1. The number of nitrogens with one attached hydrogen (secondary N) is 1. The number of aromatic nitrogens is 1. The van der Waals surface area contributed by atoms with Gasteiger partial charge in [-0.1, -0.05) is 25.1 Å². The molecule has 0 saturated heterocycles. The Morgan fingerprint density at radius 3 is 3.05 bits per heavy atom. The summed E-state index contributed by atoms with van der Waals surface area (Å²) in [6, 6.07) is 8.91. The Labute approximate surface area is 132 Å². The molecule has 1 aromatic carbocycles. The van der Waals surface area contributed by atoms with Gasteiger partial charge in [-0.3, -0.25) is 0 Å². The quantitative estimate of drug-likeness (QED) is 0.764. The summed E-state index contributed by atoms with van der Waals surface area (Å²) in [7, 11) is 0. The lowest BCUT2D eigenvalue weighted by Crippen LogP contribution is -2.21. The second-order valence-corrected chi connectivity index (χ2v) is 7.48. The van der Waals surface area contributed by atoms with Crippen molar-refractivity contribution in [3.8, 4) is 0 Å². The summed E-state index contributed by atoms with van der Waals surface area (Å²) in [5, 5.41) is 8.54. The van der Waals surface area contributed by atoms with Gasteiger partial charge in [0.25, 0.3) is 0 Å². The van der Waals surface area contributed by atoms with Crippen LogP contribution in [0.25, 0.3) is 10.1 Å². The third-order valence-corrected chi connectivity index (χ3v) is 6.29. The maximum absolute atomic E-state index is 4.93. The number of rotatable bonds is 4. The third-order valence-electron chi connectivity index (χ3n) is 4.09. The lowest BCUT2D eigenvalue weighted by Gasteiger charge is -2.15. The molecule has 0 aliphatic heterocycles. The van der Waals surface area contributed by atoms with E-state index in [1.54, 1.807) is 0 Å². The van der Waals surface area contributed by atoms with Crippen LogP contribution in [0.2, 0.25) is 0 Å². The standard InChI is InChI=1S/C17H18N2S2/c1-2-18-16(17-19-13-7-5-9-15(13)21-17)12-10-20-14-8-4-3-6-11(12)14/h3-4,6,8,10,16,18H,2,5,7,9H2,1H3. The number of benzene rings is 1. The molecule has 1 aliphatic carbocycles. The minimum atomic E-state index is 0.238. The van der Waals surface area contributed by atoms with E-state index in [2.05, 4.69) is 41.9 Å². The number of hydrogen-bond acceptors (Lipinski definition) is 4. The fourth-order valence-corrected chi connectivity index (χ4v) is 5.33. The van der Waals surface area contributed by atoms with Gasteiger partial charge in [0.1, 0.15) is 5.01 Å². The van der Waals surface area contributed by atoms with Gasteiger partial charge in [-0.05, 0) is 48.2 Å². The lowest BCUT2D eigenvalue weighted by atomic mass is 10.1. The average molecular weight is 314 g/mol. The van der Waals surface area contributed by atoms with Crippen molar-refractivity contribution in [2.75, 3.05) is 6.54 Å². The first-order chi connectivity index (χ1) is 10.4. The summed E-state index contributed by atoms with van der Waals surface area (Å²) in [5.41, 5.74) is 2.72. The van der Waals surface area contributed by atoms with E-state index >= 15 is 0 Å². The summed E-state index contributed by atoms with van der Waals surface area (Å²) in [6.45, 7) is 3.13. The van der Waals surface area contributed by atoms with Crippen molar-refractivity contribution in [1.29, 1.82) is 0 Å². The summed E-state index contributed by atoms with van der Waals surface area (Å²) in [5.74, 6) is 0. The minimum absolute atomic E-state index is 0.238. The second-order valence-electron chi connectivity index (χ2n) is 5.45. The van der Waals surface area contributed by atoms with Gasteiger partial charge in [0.15, 0.2) is 0 Å². The largest absolute Gasteiger partial charge is 0.304 e. The van der Waals surface area contributed by atoms with Gasteiger partial charge in [0.05, 0.1) is 11.7 Å². The fourth-order valence-electron chi connectivity index (χ4n) is 3.09. The molecule has 2 heterocycles. The maximum Gasteiger partial charge on any atom is 0.115 e. The number of aryl methyl sites for hydroxylation is 2. The van der Waals surface area contributed by atoms with E-state index < -0.39 is 0 Å². The van der Waals surface area contributed by atoms with Gasteiger partial charge in [0.2, 0.25) is 0 Å². The monoisotopic (exact) mass is 314 g/mol. The highest BCUT2D eigenvalue weighted by molar-refractivity contribution is 7.17. The molecule has 4 rings (SSSR count). The first-order valence-electron chi connectivity index (χ1n) is 7.55. The summed E-state index contributed by atoms with van der Waals surface area (Å²) in [4.78, 5) is 6.44. The maximum atomic E-state index is 4.93. The highest BCUT2D eigenvalue weighted by Crippen LogP contribution is 2.37. The molecule has 1 aliphatic rings. The third kappa shape index (κ3) is 2.31. The van der Waals surface area contributed by atoms with Crippen LogP contribution in [-0.2, 0) is 12.8 Å². The molecule has 0 saturated carbocycles. The summed E-state index contributed by atoms with van der Waals surface area (Å²) in [6.07, 6.45) is 3.66. The number of thiophene rings is 1. The van der Waals surface area contributed by atoms with Gasteiger partial charge in [-0.25, -0.2) is 4.98 Å². The van der Waals surface area contributed by atoms with Crippen molar-refractivity contribution in [3.63, 3.8) is 0 Å². The molecule has 0 radical (unpaired) electrons. The predicted molar refractivity (Wildman–Crippen MR) is 91.5 cm³/mol. The van der Waals surface area contributed by atoms with E-state index in [9.17, 15) is 0 Å². The van der Waals surface area contributed by atoms with Crippen LogP contribution in [0.5, 0.6) is 0 Å².